The SMILES string of the molecule is Cc1noc([C@@H]2COCCN2C(=O)C[C@@H]2C=CCC2)n1. The lowest BCUT2D eigenvalue weighted by molar-refractivity contribution is -0.142. The van der Waals surface area contributed by atoms with E-state index in [4.69, 9.17) is 9.26 Å². The van der Waals surface area contributed by atoms with Gasteiger partial charge in [-0.2, -0.15) is 4.98 Å². The molecule has 2 heterocycles. The number of ether oxygens (including phenoxy) is 1. The Hall–Kier alpha value is -1.69. The maximum Gasteiger partial charge on any atom is 0.251 e. The van der Waals surface area contributed by atoms with E-state index in [1.807, 2.05) is 4.90 Å². The van der Waals surface area contributed by atoms with Gasteiger partial charge in [-0.25, -0.2) is 0 Å². The molecule has 2 aliphatic rings. The molecule has 1 aromatic rings. The second-order valence-electron chi connectivity index (χ2n) is 5.33. The minimum atomic E-state index is -0.247. The lowest BCUT2D eigenvalue weighted by Gasteiger charge is -2.33. The Morgan fingerprint density at radius 3 is 3.15 bits per heavy atom. The molecule has 20 heavy (non-hydrogen) atoms. The fourth-order valence-corrected chi connectivity index (χ4v) is 2.76. The third-order valence-corrected chi connectivity index (χ3v) is 3.83. The van der Waals surface area contributed by atoms with Crippen LogP contribution in [0.25, 0.3) is 0 Å². The first kappa shape index (κ1) is 13.3. The molecule has 6 nitrogen and oxygen atoms in total. The van der Waals surface area contributed by atoms with Crippen molar-refractivity contribution in [2.45, 2.75) is 32.2 Å². The van der Waals surface area contributed by atoms with Gasteiger partial charge < -0.3 is 14.2 Å². The van der Waals surface area contributed by atoms with Crippen molar-refractivity contribution < 1.29 is 14.1 Å². The van der Waals surface area contributed by atoms with Crippen LogP contribution in [0, 0.1) is 12.8 Å². The fraction of sp³-hybridized carbons (Fsp3) is 0.643. The molecule has 0 unspecified atom stereocenters. The van der Waals surface area contributed by atoms with E-state index in [9.17, 15) is 4.79 Å². The Balaban J connectivity index is 1.71. The van der Waals surface area contributed by atoms with Gasteiger partial charge in [-0.15, -0.1) is 0 Å². The van der Waals surface area contributed by atoms with E-state index >= 15 is 0 Å². The Labute approximate surface area is 117 Å². The minimum Gasteiger partial charge on any atom is -0.377 e. The molecule has 0 N–H and O–H groups in total. The van der Waals surface area contributed by atoms with E-state index < -0.39 is 0 Å². The van der Waals surface area contributed by atoms with Gasteiger partial charge in [0, 0.05) is 13.0 Å². The van der Waals surface area contributed by atoms with Crippen molar-refractivity contribution in [2.24, 2.45) is 5.92 Å². The number of allylic oxidation sites excluding steroid dienone is 2. The quantitative estimate of drug-likeness (QED) is 0.785. The third-order valence-electron chi connectivity index (χ3n) is 3.83. The molecule has 0 spiro atoms. The monoisotopic (exact) mass is 277 g/mol. The van der Waals surface area contributed by atoms with Crippen molar-refractivity contribution >= 4 is 5.91 Å². The van der Waals surface area contributed by atoms with Crippen molar-refractivity contribution in [1.29, 1.82) is 0 Å². The van der Waals surface area contributed by atoms with E-state index in [0.29, 0.717) is 43.8 Å². The largest absolute Gasteiger partial charge is 0.377 e. The predicted octanol–water partition coefficient (Wildman–Crippen LogP) is 1.63. The lowest BCUT2D eigenvalue weighted by Crippen LogP contribution is -2.44. The van der Waals surface area contributed by atoms with Crippen LogP contribution in [0.1, 0.15) is 37.0 Å². The molecule has 2 atom stereocenters. The average molecular weight is 277 g/mol. The number of hydrogen-bond donors (Lipinski definition) is 0. The third kappa shape index (κ3) is 2.75. The first-order chi connectivity index (χ1) is 9.74. The highest BCUT2D eigenvalue weighted by Crippen LogP contribution is 2.27. The van der Waals surface area contributed by atoms with Crippen molar-refractivity contribution in [3.8, 4) is 0 Å². The van der Waals surface area contributed by atoms with Gasteiger partial charge in [-0.3, -0.25) is 4.79 Å². The Morgan fingerprint density at radius 1 is 1.55 bits per heavy atom. The summed E-state index contributed by atoms with van der Waals surface area (Å²) in [5.74, 6) is 1.57. The van der Waals surface area contributed by atoms with Crippen LogP contribution in [0.4, 0.5) is 0 Å². The number of carbonyl (C=O) groups is 1. The normalized spacial score (nSPS) is 26.1. The molecular weight excluding hydrogens is 258 g/mol. The van der Waals surface area contributed by atoms with Crippen molar-refractivity contribution in [2.75, 3.05) is 19.8 Å². The van der Waals surface area contributed by atoms with Gasteiger partial charge in [-0.1, -0.05) is 17.3 Å². The standard InChI is InChI=1S/C14H19N3O3/c1-10-15-14(20-16-10)12-9-19-7-6-17(12)13(18)8-11-4-2-3-5-11/h2,4,11-12H,3,5-9H2,1H3/t11-,12+/m1/s1. The van der Waals surface area contributed by atoms with Crippen molar-refractivity contribution in [1.82, 2.24) is 15.0 Å². The number of aromatic nitrogens is 2. The second-order valence-corrected chi connectivity index (χ2v) is 5.33. The van der Waals surface area contributed by atoms with Gasteiger partial charge in [-0.05, 0) is 25.7 Å². The van der Waals surface area contributed by atoms with Crippen molar-refractivity contribution in [3.05, 3.63) is 23.9 Å². The predicted molar refractivity (Wildman–Crippen MR) is 70.8 cm³/mol. The van der Waals surface area contributed by atoms with Gasteiger partial charge in [0.1, 0.15) is 6.04 Å². The summed E-state index contributed by atoms with van der Waals surface area (Å²) in [6, 6.07) is -0.247. The molecule has 3 rings (SSSR count). The first-order valence-electron chi connectivity index (χ1n) is 7.08. The maximum absolute atomic E-state index is 12.5. The zero-order valence-electron chi connectivity index (χ0n) is 11.6. The van der Waals surface area contributed by atoms with Crippen LogP contribution in [-0.2, 0) is 9.53 Å². The Bertz CT molecular complexity index is 512. The van der Waals surface area contributed by atoms with Crippen LogP contribution in [-0.4, -0.2) is 40.7 Å². The molecule has 0 radical (unpaired) electrons. The number of morpholine rings is 1. The number of rotatable bonds is 3. The van der Waals surface area contributed by atoms with Crippen LogP contribution in [0.3, 0.4) is 0 Å². The summed E-state index contributed by atoms with van der Waals surface area (Å²) in [5.41, 5.74) is 0. The van der Waals surface area contributed by atoms with Gasteiger partial charge in [0.15, 0.2) is 5.82 Å². The average Bonchev–Trinajstić information content (AvgIpc) is 3.10. The molecule has 1 saturated heterocycles. The van der Waals surface area contributed by atoms with Crippen LogP contribution in [0.15, 0.2) is 16.7 Å². The first-order valence-corrected chi connectivity index (χ1v) is 7.08. The van der Waals surface area contributed by atoms with E-state index in [2.05, 4.69) is 22.3 Å². The molecule has 1 aliphatic carbocycles. The number of amides is 1. The molecule has 1 aliphatic heterocycles. The van der Waals surface area contributed by atoms with Crippen LogP contribution in [0.2, 0.25) is 0 Å². The molecule has 1 fully saturated rings. The zero-order chi connectivity index (χ0) is 13.9. The topological polar surface area (TPSA) is 68.5 Å². The Kier molecular flexibility index (Phi) is 3.82. The molecular formula is C14H19N3O3. The van der Waals surface area contributed by atoms with Gasteiger partial charge >= 0.3 is 0 Å². The Morgan fingerprint density at radius 2 is 2.45 bits per heavy atom. The molecule has 108 valence electrons. The highest BCUT2D eigenvalue weighted by atomic mass is 16.5. The fourth-order valence-electron chi connectivity index (χ4n) is 2.76. The van der Waals surface area contributed by atoms with E-state index in [-0.39, 0.29) is 11.9 Å². The summed E-state index contributed by atoms with van der Waals surface area (Å²) in [4.78, 5) is 18.5. The van der Waals surface area contributed by atoms with E-state index in [1.54, 1.807) is 6.92 Å². The number of hydrogen-bond acceptors (Lipinski definition) is 5. The highest BCUT2D eigenvalue weighted by molar-refractivity contribution is 5.77. The molecule has 0 bridgehead atoms. The molecule has 0 saturated carbocycles. The van der Waals surface area contributed by atoms with E-state index in [1.165, 1.54) is 0 Å². The second kappa shape index (κ2) is 5.75. The summed E-state index contributed by atoms with van der Waals surface area (Å²) in [6.45, 7) is 3.34. The zero-order valence-corrected chi connectivity index (χ0v) is 11.6. The lowest BCUT2D eigenvalue weighted by atomic mass is 10.0. The minimum absolute atomic E-state index is 0.144. The van der Waals surface area contributed by atoms with Gasteiger partial charge in [0.25, 0.3) is 5.89 Å². The number of carbonyl (C=O) groups excluding carboxylic acids is 1. The van der Waals surface area contributed by atoms with Crippen LogP contribution < -0.4 is 0 Å². The number of nitrogens with zero attached hydrogens (tertiary/aromatic N) is 3. The van der Waals surface area contributed by atoms with E-state index in [0.717, 1.165) is 12.8 Å². The summed E-state index contributed by atoms with van der Waals surface area (Å²) in [7, 11) is 0. The summed E-state index contributed by atoms with van der Waals surface area (Å²) < 4.78 is 10.7. The summed E-state index contributed by atoms with van der Waals surface area (Å²) in [6.07, 6.45) is 6.99. The smallest absolute Gasteiger partial charge is 0.251 e. The van der Waals surface area contributed by atoms with Crippen LogP contribution >= 0.6 is 0 Å². The molecule has 6 heteroatoms. The van der Waals surface area contributed by atoms with Crippen molar-refractivity contribution in [3.63, 3.8) is 0 Å². The highest BCUT2D eigenvalue weighted by Gasteiger charge is 2.33. The molecule has 0 aromatic carbocycles. The number of aryl methyl sites for hydroxylation is 1. The summed E-state index contributed by atoms with van der Waals surface area (Å²) in [5, 5.41) is 3.80. The van der Waals surface area contributed by atoms with Gasteiger partial charge in [0.2, 0.25) is 5.91 Å². The summed E-state index contributed by atoms with van der Waals surface area (Å²) >= 11 is 0. The molecule has 1 amide bonds. The molecule has 1 aromatic heterocycles. The maximum atomic E-state index is 12.5. The van der Waals surface area contributed by atoms with Gasteiger partial charge in [0.05, 0.1) is 13.2 Å². The van der Waals surface area contributed by atoms with Crippen LogP contribution in [0.5, 0.6) is 0 Å².